The van der Waals surface area contributed by atoms with Crippen molar-refractivity contribution in [2.24, 2.45) is 0 Å². The molecule has 0 aliphatic heterocycles. The number of hydrogen-bond acceptors (Lipinski definition) is 12. The zero-order valence-electron chi connectivity index (χ0n) is 48.2. The maximum Gasteiger partial charge on any atom is 4.00 e. The van der Waals surface area contributed by atoms with E-state index in [-0.39, 0.29) is 112 Å². The molecule has 400 valence electrons. The molecule has 0 spiro atoms. The minimum absolute atomic E-state index is 0. The van der Waals surface area contributed by atoms with Crippen molar-refractivity contribution in [2.45, 2.75) is 209 Å². The number of carboxylic acid groups (broad SMARTS) is 4. The van der Waals surface area contributed by atoms with Crippen LogP contribution < -0.4 is 20.4 Å². The van der Waals surface area contributed by atoms with Gasteiger partial charge in [0.1, 0.15) is 23.0 Å². The second-order valence-corrected chi connectivity index (χ2v) is 26.8. The van der Waals surface area contributed by atoms with Crippen LogP contribution in [0.25, 0.3) is 0 Å². The fourth-order valence-electron chi connectivity index (χ4n) is 7.18. The molecule has 4 aromatic rings. The molecule has 0 amide bonds. The topological polar surface area (TPSA) is 241 Å². The van der Waals surface area contributed by atoms with Crippen LogP contribution in [0, 0.1) is 0 Å². The number of phenols is 4. The van der Waals surface area contributed by atoms with Crippen LogP contribution in [0.2, 0.25) is 0 Å². The number of carboxylic acids is 4. The van der Waals surface area contributed by atoms with E-state index in [0.29, 0.717) is 22.3 Å². The Labute approximate surface area is 453 Å². The van der Waals surface area contributed by atoms with E-state index in [1.165, 1.54) is 24.3 Å². The van der Waals surface area contributed by atoms with Crippen LogP contribution >= 0.6 is 0 Å². The van der Waals surface area contributed by atoms with Crippen LogP contribution in [0.4, 0.5) is 0 Å². The molecule has 0 bridgehead atoms. The Balaban J connectivity index is 0.000000943. The van der Waals surface area contributed by atoms with Gasteiger partial charge < -0.3 is 60.0 Å². The normalized spacial score (nSPS) is 12.4. The summed E-state index contributed by atoms with van der Waals surface area (Å²) in [5.74, 6) is -6.11. The molecule has 4 aromatic carbocycles. The largest absolute Gasteiger partial charge is 4.00 e. The molecule has 0 radical (unpaired) electrons. The Bertz CT molecular complexity index is 2270. The number of hydrogen-bond donors (Lipinski definition) is 4. The number of carbonyl (C=O) groups excluding carboxylic acids is 4. The van der Waals surface area contributed by atoms with E-state index in [0.717, 1.165) is 22.3 Å². The third kappa shape index (κ3) is 18.6. The summed E-state index contributed by atoms with van der Waals surface area (Å²) in [4.78, 5) is 44.4. The number of carbonyl (C=O) groups is 4. The molecule has 0 aliphatic rings. The predicted molar refractivity (Wildman–Crippen MR) is 285 cm³/mol. The summed E-state index contributed by atoms with van der Waals surface area (Å²) >= 11 is 0. The Hall–Kier alpha value is -5.24. The van der Waals surface area contributed by atoms with Gasteiger partial charge in [0, 0.05) is 44.5 Å². The summed E-state index contributed by atoms with van der Waals surface area (Å²) in [6.45, 7) is 47.3. The van der Waals surface area contributed by atoms with Gasteiger partial charge in [0.05, 0.1) is 23.9 Å². The van der Waals surface area contributed by atoms with Gasteiger partial charge in [-0.2, -0.15) is 0 Å². The van der Waals surface area contributed by atoms with Gasteiger partial charge in [0.2, 0.25) is 0 Å². The van der Waals surface area contributed by atoms with E-state index in [9.17, 15) is 60.0 Å². The van der Waals surface area contributed by atoms with Crippen LogP contribution in [-0.4, -0.2) is 68.2 Å². The van der Waals surface area contributed by atoms with E-state index in [2.05, 4.69) is 0 Å². The first-order valence-corrected chi connectivity index (χ1v) is 24.1. The van der Waals surface area contributed by atoms with E-state index in [4.69, 9.17) is 0 Å². The van der Waals surface area contributed by atoms with Crippen molar-refractivity contribution in [2.75, 3.05) is 0 Å². The molecule has 0 aliphatic carbocycles. The summed E-state index contributed by atoms with van der Waals surface area (Å²) in [5, 5.41) is 84.7. The minimum atomic E-state index is -1.34. The molecular weight excluding hydrogens is 1030 g/mol. The van der Waals surface area contributed by atoms with Crippen molar-refractivity contribution < 1.29 is 60.0 Å². The Morgan fingerprint density at radius 2 is 0.397 bits per heavy atom. The van der Waals surface area contributed by atoms with Crippen LogP contribution in [0.1, 0.15) is 252 Å². The van der Waals surface area contributed by atoms with E-state index in [1.807, 2.05) is 190 Å². The zero-order valence-corrected chi connectivity index (χ0v) is 51.0. The molecule has 13 heteroatoms. The van der Waals surface area contributed by atoms with Gasteiger partial charge in [-0.3, -0.25) is 0 Å². The second-order valence-electron chi connectivity index (χ2n) is 26.8. The first-order valence-electron chi connectivity index (χ1n) is 24.1. The van der Waals surface area contributed by atoms with Gasteiger partial charge >= 0.3 is 23.9 Å². The van der Waals surface area contributed by atoms with E-state index >= 15 is 0 Å². The summed E-state index contributed by atoms with van der Waals surface area (Å²) in [5.41, 5.74) is 3.50. The molecule has 0 heterocycles. The van der Waals surface area contributed by atoms with Crippen molar-refractivity contribution in [1.82, 2.24) is 0 Å². The first-order chi connectivity index (χ1) is 31.8. The van der Waals surface area contributed by atoms with Gasteiger partial charge in [-0.1, -0.05) is 190 Å². The fourth-order valence-corrected chi connectivity index (χ4v) is 7.18. The molecule has 0 aromatic heterocycles. The average molecular weight is 1120 g/mol. The predicted octanol–water partition coefficient (Wildman–Crippen LogP) is 9.02. The van der Waals surface area contributed by atoms with Crippen molar-refractivity contribution >= 4 is 47.8 Å². The monoisotopic (exact) mass is 1120 g/mol. The van der Waals surface area contributed by atoms with E-state index < -0.39 is 23.9 Å². The SMILES string of the molecule is CC(C)(C)c1cc(C(=O)[O-])c(O)c(C(C)(C)C)c1.CC(C)(C)c1cc(C(=O)[O-])c(O)c(C(C)(C)C)c1.CC(C)(C)c1cc(C(=O)[O-])c(O)c(C(C)(C)C)c1.CC(C)(C)c1cc(C(=O)[O-])c(O)c(C(C)(C)C)c1.[Sn+4]. The number of aromatic carboxylic acids is 4. The van der Waals surface area contributed by atoms with Gasteiger partial charge in [0.15, 0.2) is 0 Å². The van der Waals surface area contributed by atoms with Crippen LogP contribution in [-0.2, 0) is 43.3 Å². The van der Waals surface area contributed by atoms with Gasteiger partial charge in [0.25, 0.3) is 0 Å². The minimum Gasteiger partial charge on any atom is -0.545 e. The molecule has 12 nitrogen and oxygen atoms in total. The second kappa shape index (κ2) is 23.5. The summed E-state index contributed by atoms with van der Waals surface area (Å²) in [6.07, 6.45) is 0. The molecule has 0 unspecified atom stereocenters. The molecule has 0 atom stereocenters. The molecule has 4 rings (SSSR count). The van der Waals surface area contributed by atoms with Gasteiger partial charge in [-0.15, -0.1) is 0 Å². The van der Waals surface area contributed by atoms with Crippen molar-refractivity contribution in [3.05, 3.63) is 115 Å². The smallest absolute Gasteiger partial charge is 0.545 e. The first kappa shape index (κ1) is 67.8. The molecule has 0 saturated carbocycles. The van der Waals surface area contributed by atoms with Crippen molar-refractivity contribution in [3.8, 4) is 23.0 Å². The quantitative estimate of drug-likeness (QED) is 0.140. The van der Waals surface area contributed by atoms with Crippen LogP contribution in [0.15, 0.2) is 48.5 Å². The number of rotatable bonds is 4. The maximum atomic E-state index is 11.1. The maximum absolute atomic E-state index is 11.1. The molecule has 0 saturated heterocycles. The third-order valence-electron chi connectivity index (χ3n) is 12.0. The number of benzene rings is 4. The van der Waals surface area contributed by atoms with Crippen molar-refractivity contribution in [1.29, 1.82) is 0 Å². The van der Waals surface area contributed by atoms with Gasteiger partial charge in [-0.05, 0) is 89.8 Å². The van der Waals surface area contributed by atoms with Crippen LogP contribution in [0.5, 0.6) is 23.0 Å². The van der Waals surface area contributed by atoms with Crippen molar-refractivity contribution in [3.63, 3.8) is 0 Å². The number of aromatic hydroxyl groups is 4. The summed E-state index contributed by atoms with van der Waals surface area (Å²) < 4.78 is 0. The standard InChI is InChI=1S/4C15H22O3.Sn/c4*1-14(2,3)9-7-10(13(17)18)12(16)11(8-9)15(4,5)6;/h4*7-8,16H,1-6H3,(H,17,18);/q;;;;+4/p-4. The zero-order chi connectivity index (χ0) is 57.2. The molecular formula is C60H84O12Sn. The Kier molecular flexibility index (Phi) is 21.8. The molecule has 0 fully saturated rings. The summed E-state index contributed by atoms with van der Waals surface area (Å²) in [7, 11) is 0. The average Bonchev–Trinajstić information content (AvgIpc) is 3.14. The molecule has 73 heavy (non-hydrogen) atoms. The molecule has 4 N–H and O–H groups in total. The van der Waals surface area contributed by atoms with Gasteiger partial charge in [-0.25, -0.2) is 0 Å². The Morgan fingerprint density at radius 3 is 0.479 bits per heavy atom. The fraction of sp³-hybridized carbons (Fsp3) is 0.533. The third-order valence-corrected chi connectivity index (χ3v) is 12.0. The Morgan fingerprint density at radius 1 is 0.274 bits per heavy atom. The summed E-state index contributed by atoms with van der Waals surface area (Å²) in [6, 6.07) is 13.5. The van der Waals surface area contributed by atoms with Crippen LogP contribution in [0.3, 0.4) is 0 Å². The van der Waals surface area contributed by atoms with E-state index in [1.54, 1.807) is 0 Å².